The molecule has 1 aromatic carbocycles. The van der Waals surface area contributed by atoms with E-state index >= 15 is 0 Å². The van der Waals surface area contributed by atoms with Crippen LogP contribution in [0.3, 0.4) is 0 Å². The highest BCUT2D eigenvalue weighted by Crippen LogP contribution is 2.36. The predicted octanol–water partition coefficient (Wildman–Crippen LogP) is 2.03. The van der Waals surface area contributed by atoms with E-state index in [4.69, 9.17) is 10.2 Å². The molecular weight excluding hydrogens is 168 g/mol. The maximum Gasteiger partial charge on any atom is 0.172 e. The smallest absolute Gasteiger partial charge is 0.172 e. The van der Waals surface area contributed by atoms with Crippen LogP contribution in [-0.2, 0) is 0 Å². The summed E-state index contributed by atoms with van der Waals surface area (Å²) in [6.07, 6.45) is 0. The summed E-state index contributed by atoms with van der Waals surface area (Å²) in [4.78, 5) is 0.559. The molecule has 0 unspecified atom stereocenters. The van der Waals surface area contributed by atoms with E-state index in [0.717, 1.165) is 10.8 Å². The Morgan fingerprint density at radius 1 is 1.30 bits per heavy atom. The quantitative estimate of drug-likeness (QED) is 0.346. The summed E-state index contributed by atoms with van der Waals surface area (Å²) in [5, 5.41) is 18.0. The van der Waals surface area contributed by atoms with Crippen LogP contribution in [0, 0.1) is 0 Å². The van der Waals surface area contributed by atoms with Crippen LogP contribution in [-0.4, -0.2) is 10.2 Å². The first-order valence-electron chi connectivity index (χ1n) is 2.58. The van der Waals surface area contributed by atoms with E-state index in [1.54, 1.807) is 12.1 Å². The van der Waals surface area contributed by atoms with Crippen molar-refractivity contribution in [2.24, 2.45) is 0 Å². The number of para-hydroxylation sites is 1. The van der Waals surface area contributed by atoms with Gasteiger partial charge in [0.25, 0.3) is 0 Å². The van der Waals surface area contributed by atoms with Gasteiger partial charge in [-0.05, 0) is 12.1 Å². The Hall–Kier alpha value is -0.480. The monoisotopic (exact) mass is 174 g/mol. The predicted molar refractivity (Wildman–Crippen MR) is 44.6 cm³/mol. The summed E-state index contributed by atoms with van der Waals surface area (Å²) in [7, 11) is 1.09. The van der Waals surface area contributed by atoms with E-state index < -0.39 is 0 Å². The summed E-state index contributed by atoms with van der Waals surface area (Å²) in [5.41, 5.74) is 0. The van der Waals surface area contributed by atoms with Gasteiger partial charge in [-0.2, -0.15) is 0 Å². The second kappa shape index (κ2) is 3.07. The summed E-state index contributed by atoms with van der Waals surface area (Å²) in [6.45, 7) is 0. The first-order chi connectivity index (χ1) is 4.75. The fourth-order valence-electron chi connectivity index (χ4n) is 0.584. The Labute approximate surface area is 67.7 Å². The Morgan fingerprint density at radius 3 is 2.50 bits per heavy atom. The van der Waals surface area contributed by atoms with Crippen molar-refractivity contribution >= 4 is 22.5 Å². The lowest BCUT2D eigenvalue weighted by Gasteiger charge is -1.99. The zero-order chi connectivity index (χ0) is 7.56. The molecule has 4 heteroatoms. The lowest BCUT2D eigenvalue weighted by atomic mass is 10.3. The molecular formula is C6H6O2S2. The number of benzene rings is 1. The Balaban J connectivity index is 3.14. The van der Waals surface area contributed by atoms with E-state index in [2.05, 4.69) is 11.7 Å². The van der Waals surface area contributed by atoms with Crippen LogP contribution in [0.4, 0.5) is 0 Å². The van der Waals surface area contributed by atoms with Crippen molar-refractivity contribution in [2.45, 2.75) is 4.90 Å². The first-order valence-corrected chi connectivity index (χ1v) is 4.45. The van der Waals surface area contributed by atoms with Gasteiger partial charge >= 0.3 is 0 Å². The number of hydrogen-bond acceptors (Lipinski definition) is 4. The fraction of sp³-hybridized carbons (Fsp3) is 0. The minimum Gasteiger partial charge on any atom is -0.504 e. The minimum absolute atomic E-state index is 0.109. The van der Waals surface area contributed by atoms with E-state index in [0.29, 0.717) is 4.90 Å². The van der Waals surface area contributed by atoms with Gasteiger partial charge in [-0.25, -0.2) is 0 Å². The van der Waals surface area contributed by atoms with Crippen LogP contribution >= 0.6 is 22.5 Å². The molecule has 10 heavy (non-hydrogen) atoms. The number of aromatic hydroxyl groups is 2. The number of phenols is 2. The molecule has 0 heterocycles. The van der Waals surface area contributed by atoms with Crippen LogP contribution in [0.15, 0.2) is 23.1 Å². The first kappa shape index (κ1) is 7.63. The van der Waals surface area contributed by atoms with Gasteiger partial charge in [-0.3, -0.25) is 0 Å². The molecule has 0 saturated carbocycles. The topological polar surface area (TPSA) is 40.5 Å². The summed E-state index contributed by atoms with van der Waals surface area (Å²) in [5.74, 6) is -0.221. The standard InChI is InChI=1S/C6H6O2S2/c7-4-2-1-3-5(10-9)6(4)8/h1-3,7-9H. The molecule has 2 N–H and O–H groups in total. The lowest BCUT2D eigenvalue weighted by molar-refractivity contribution is 0.395. The molecule has 0 aliphatic carbocycles. The molecule has 0 bridgehead atoms. The van der Waals surface area contributed by atoms with Gasteiger partial charge in [0.1, 0.15) is 0 Å². The third-order valence-corrected chi connectivity index (χ3v) is 2.19. The number of rotatable bonds is 1. The molecule has 0 aliphatic rings. The van der Waals surface area contributed by atoms with E-state index in [-0.39, 0.29) is 11.5 Å². The van der Waals surface area contributed by atoms with E-state index in [9.17, 15) is 0 Å². The largest absolute Gasteiger partial charge is 0.504 e. The molecule has 1 aromatic rings. The third kappa shape index (κ3) is 1.33. The second-order valence-corrected chi connectivity index (χ2v) is 2.89. The fourth-order valence-corrected chi connectivity index (χ4v) is 1.36. The van der Waals surface area contributed by atoms with Crippen molar-refractivity contribution < 1.29 is 10.2 Å². The number of thiol groups is 1. The maximum absolute atomic E-state index is 9.08. The van der Waals surface area contributed by atoms with Gasteiger partial charge in [-0.1, -0.05) is 16.9 Å². The summed E-state index contributed by atoms with van der Waals surface area (Å²) in [6, 6.07) is 4.74. The highest BCUT2D eigenvalue weighted by molar-refractivity contribution is 8.68. The van der Waals surface area contributed by atoms with Crippen LogP contribution in [0.5, 0.6) is 11.5 Å². The molecule has 0 amide bonds. The van der Waals surface area contributed by atoms with Crippen LogP contribution in [0.1, 0.15) is 0 Å². The van der Waals surface area contributed by atoms with Crippen molar-refractivity contribution in [3.8, 4) is 11.5 Å². The zero-order valence-corrected chi connectivity index (χ0v) is 6.69. The summed E-state index contributed by atoms with van der Waals surface area (Å²) < 4.78 is 0. The molecule has 0 aliphatic heterocycles. The Kier molecular flexibility index (Phi) is 2.34. The molecule has 54 valence electrons. The molecule has 0 spiro atoms. The van der Waals surface area contributed by atoms with Gasteiger partial charge in [-0.15, -0.1) is 11.7 Å². The molecule has 1 rings (SSSR count). The van der Waals surface area contributed by atoms with Crippen molar-refractivity contribution in [3.63, 3.8) is 0 Å². The molecule has 0 aromatic heterocycles. The van der Waals surface area contributed by atoms with Crippen molar-refractivity contribution in [2.75, 3.05) is 0 Å². The van der Waals surface area contributed by atoms with Gasteiger partial charge < -0.3 is 10.2 Å². The summed E-state index contributed by atoms with van der Waals surface area (Å²) >= 11 is 3.87. The van der Waals surface area contributed by atoms with E-state index in [1.165, 1.54) is 6.07 Å². The SMILES string of the molecule is Oc1cccc(SS)c1O. The van der Waals surface area contributed by atoms with Gasteiger partial charge in [0.2, 0.25) is 0 Å². The Bertz CT molecular complexity index is 237. The highest BCUT2D eigenvalue weighted by atomic mass is 33.1. The van der Waals surface area contributed by atoms with E-state index in [1.807, 2.05) is 0 Å². The molecule has 0 atom stereocenters. The average Bonchev–Trinajstić information content (AvgIpc) is 1.95. The maximum atomic E-state index is 9.08. The van der Waals surface area contributed by atoms with Gasteiger partial charge in [0.05, 0.1) is 4.90 Å². The lowest BCUT2D eigenvalue weighted by Crippen LogP contribution is -1.70. The molecule has 0 saturated heterocycles. The number of hydrogen-bond donors (Lipinski definition) is 3. The molecule has 0 radical (unpaired) electrons. The van der Waals surface area contributed by atoms with Crippen LogP contribution in [0.25, 0.3) is 0 Å². The van der Waals surface area contributed by atoms with Gasteiger partial charge in [0.15, 0.2) is 11.5 Å². The van der Waals surface area contributed by atoms with Crippen molar-refractivity contribution in [3.05, 3.63) is 18.2 Å². The molecule has 2 nitrogen and oxygen atoms in total. The molecule has 0 fully saturated rings. The van der Waals surface area contributed by atoms with Crippen LogP contribution in [0.2, 0.25) is 0 Å². The van der Waals surface area contributed by atoms with Gasteiger partial charge in [0, 0.05) is 0 Å². The Morgan fingerprint density at radius 2 is 2.00 bits per heavy atom. The zero-order valence-electron chi connectivity index (χ0n) is 4.98. The highest BCUT2D eigenvalue weighted by Gasteiger charge is 2.02. The third-order valence-electron chi connectivity index (χ3n) is 1.08. The number of phenolic OH excluding ortho intramolecular Hbond substituents is 2. The second-order valence-electron chi connectivity index (χ2n) is 1.72. The normalized spacial score (nSPS) is 9.70. The minimum atomic E-state index is -0.112. The van der Waals surface area contributed by atoms with Crippen LogP contribution < -0.4 is 0 Å². The average molecular weight is 174 g/mol. The van der Waals surface area contributed by atoms with Crippen molar-refractivity contribution in [1.29, 1.82) is 0 Å². The van der Waals surface area contributed by atoms with Crippen molar-refractivity contribution in [1.82, 2.24) is 0 Å².